The standard InChI is InChI=1S/C12H14BrF2NOS/c1-12(2,3)18(17)16-10(11(14)15)8-4-6-9(13)7-5-8/h4-7,11H,1-3H3/t18-/m0/s1. The van der Waals surface area contributed by atoms with Crippen LogP contribution in [0, 0.1) is 0 Å². The van der Waals surface area contributed by atoms with Gasteiger partial charge in [-0.3, -0.25) is 0 Å². The van der Waals surface area contributed by atoms with E-state index in [4.69, 9.17) is 0 Å². The van der Waals surface area contributed by atoms with Crippen LogP contribution in [0.3, 0.4) is 0 Å². The van der Waals surface area contributed by atoms with Gasteiger partial charge in [0.2, 0.25) is 0 Å². The Balaban J connectivity index is 3.15. The van der Waals surface area contributed by atoms with Crippen molar-refractivity contribution < 1.29 is 13.0 Å². The molecule has 100 valence electrons. The van der Waals surface area contributed by atoms with Crippen LogP contribution in [0.15, 0.2) is 33.1 Å². The highest BCUT2D eigenvalue weighted by Gasteiger charge is 2.23. The van der Waals surface area contributed by atoms with Crippen LogP contribution in [0.25, 0.3) is 0 Å². The van der Waals surface area contributed by atoms with Crippen LogP contribution in [0.1, 0.15) is 26.3 Å². The van der Waals surface area contributed by atoms with E-state index in [1.54, 1.807) is 32.9 Å². The molecule has 0 aliphatic rings. The Bertz CT molecular complexity index is 466. The maximum atomic E-state index is 13.0. The molecule has 1 aromatic rings. The topological polar surface area (TPSA) is 29.4 Å². The van der Waals surface area contributed by atoms with E-state index < -0.39 is 27.9 Å². The second-order valence-corrected chi connectivity index (χ2v) is 7.47. The second kappa shape index (κ2) is 6.02. The molecule has 0 unspecified atom stereocenters. The predicted octanol–water partition coefficient (Wildman–Crippen LogP) is 3.97. The Morgan fingerprint density at radius 1 is 1.28 bits per heavy atom. The highest BCUT2D eigenvalue weighted by atomic mass is 79.9. The van der Waals surface area contributed by atoms with E-state index >= 15 is 0 Å². The zero-order chi connectivity index (χ0) is 13.9. The van der Waals surface area contributed by atoms with E-state index in [1.165, 1.54) is 12.1 Å². The molecular weight excluding hydrogens is 324 g/mol. The molecule has 0 aromatic heterocycles. The summed E-state index contributed by atoms with van der Waals surface area (Å²) in [6.45, 7) is 5.08. The molecule has 0 saturated carbocycles. The first kappa shape index (κ1) is 15.4. The Kier molecular flexibility index (Phi) is 5.16. The van der Waals surface area contributed by atoms with E-state index in [0.29, 0.717) is 0 Å². The van der Waals surface area contributed by atoms with E-state index in [1.807, 2.05) is 0 Å². The van der Waals surface area contributed by atoms with Crippen molar-refractivity contribution in [3.05, 3.63) is 34.3 Å². The molecule has 0 radical (unpaired) electrons. The number of hydrogen-bond donors (Lipinski definition) is 0. The third-order valence-electron chi connectivity index (χ3n) is 2.05. The molecular formula is C12H14BrF2NOS. The van der Waals surface area contributed by atoms with Gasteiger partial charge in [-0.25, -0.2) is 13.0 Å². The summed E-state index contributed by atoms with van der Waals surface area (Å²) >= 11 is 3.23. The van der Waals surface area contributed by atoms with Gasteiger partial charge in [-0.1, -0.05) is 28.1 Å². The van der Waals surface area contributed by atoms with Crippen LogP contribution in [0.4, 0.5) is 8.78 Å². The molecule has 0 fully saturated rings. The molecule has 1 atom stereocenters. The van der Waals surface area contributed by atoms with Gasteiger partial charge in [0.25, 0.3) is 6.43 Å². The molecule has 0 saturated heterocycles. The Morgan fingerprint density at radius 3 is 2.17 bits per heavy atom. The minimum atomic E-state index is -2.75. The summed E-state index contributed by atoms with van der Waals surface area (Å²) in [6.07, 6.45) is -2.75. The summed E-state index contributed by atoms with van der Waals surface area (Å²) in [5.74, 6) is 0. The first-order valence-corrected chi connectivity index (χ1v) is 7.16. The van der Waals surface area contributed by atoms with E-state index in [0.717, 1.165) is 4.47 Å². The number of rotatable bonds is 3. The third-order valence-corrected chi connectivity index (χ3v) is 3.99. The van der Waals surface area contributed by atoms with E-state index in [9.17, 15) is 13.0 Å². The molecule has 1 aromatic carbocycles. The van der Waals surface area contributed by atoms with Gasteiger partial charge < -0.3 is 0 Å². The summed E-state index contributed by atoms with van der Waals surface area (Å²) in [5.41, 5.74) is -0.151. The fourth-order valence-electron chi connectivity index (χ4n) is 1.07. The van der Waals surface area contributed by atoms with Gasteiger partial charge >= 0.3 is 0 Å². The van der Waals surface area contributed by atoms with Gasteiger partial charge in [-0.05, 0) is 32.9 Å². The van der Waals surface area contributed by atoms with Crippen molar-refractivity contribution in [1.29, 1.82) is 0 Å². The minimum absolute atomic E-state index is 0.283. The lowest BCUT2D eigenvalue weighted by Gasteiger charge is -2.15. The number of alkyl halides is 2. The molecule has 0 N–H and O–H groups in total. The molecule has 0 spiro atoms. The minimum Gasteiger partial charge on any atom is -0.234 e. The van der Waals surface area contributed by atoms with E-state index in [-0.39, 0.29) is 5.56 Å². The first-order valence-electron chi connectivity index (χ1n) is 5.26. The molecule has 0 bridgehead atoms. The Hall–Kier alpha value is -0.620. The maximum Gasteiger partial charge on any atom is 0.281 e. The quantitative estimate of drug-likeness (QED) is 0.767. The van der Waals surface area contributed by atoms with Crippen LogP contribution in [0.2, 0.25) is 0 Å². The van der Waals surface area contributed by atoms with Crippen molar-refractivity contribution in [3.8, 4) is 0 Å². The van der Waals surface area contributed by atoms with Crippen LogP contribution in [-0.4, -0.2) is 21.1 Å². The van der Waals surface area contributed by atoms with Crippen molar-refractivity contribution >= 4 is 32.6 Å². The molecule has 6 heteroatoms. The Morgan fingerprint density at radius 2 is 1.78 bits per heavy atom. The summed E-state index contributed by atoms with van der Waals surface area (Å²) < 4.78 is 41.5. The number of benzene rings is 1. The molecule has 1 rings (SSSR count). The summed E-state index contributed by atoms with van der Waals surface area (Å²) in [4.78, 5) is 0. The molecule has 2 nitrogen and oxygen atoms in total. The first-order chi connectivity index (χ1) is 8.21. The summed E-state index contributed by atoms with van der Waals surface area (Å²) in [5, 5.41) is 0. The van der Waals surface area contributed by atoms with Crippen molar-refractivity contribution in [1.82, 2.24) is 0 Å². The molecule has 18 heavy (non-hydrogen) atoms. The van der Waals surface area contributed by atoms with Gasteiger partial charge in [0.1, 0.15) is 16.7 Å². The number of halogens is 3. The average Bonchev–Trinajstić information content (AvgIpc) is 2.25. The highest BCUT2D eigenvalue weighted by molar-refractivity contribution is 9.10. The SMILES string of the molecule is CC(C)(C)[S@](=O)N=C(c1ccc(Br)cc1)C(F)F. The van der Waals surface area contributed by atoms with Crippen LogP contribution in [0.5, 0.6) is 0 Å². The summed E-state index contributed by atoms with van der Waals surface area (Å²) in [6, 6.07) is 6.34. The lowest BCUT2D eigenvalue weighted by molar-refractivity contribution is 0.226. The second-order valence-electron chi connectivity index (χ2n) is 4.65. The molecule has 0 heterocycles. The van der Waals surface area contributed by atoms with Gasteiger partial charge in [0.05, 0.1) is 4.75 Å². The molecule has 0 amide bonds. The molecule has 0 aliphatic carbocycles. The van der Waals surface area contributed by atoms with Crippen molar-refractivity contribution in [2.24, 2.45) is 4.40 Å². The highest BCUT2D eigenvalue weighted by Crippen LogP contribution is 2.18. The predicted molar refractivity (Wildman–Crippen MR) is 74.6 cm³/mol. The zero-order valence-electron chi connectivity index (χ0n) is 10.3. The lowest BCUT2D eigenvalue weighted by atomic mass is 10.1. The largest absolute Gasteiger partial charge is 0.281 e. The fourth-order valence-corrected chi connectivity index (χ4v) is 1.97. The zero-order valence-corrected chi connectivity index (χ0v) is 12.7. The summed E-state index contributed by atoms with van der Waals surface area (Å²) in [7, 11) is -1.70. The van der Waals surface area contributed by atoms with Gasteiger partial charge in [0.15, 0.2) is 0 Å². The van der Waals surface area contributed by atoms with Crippen LogP contribution < -0.4 is 0 Å². The monoisotopic (exact) mass is 337 g/mol. The van der Waals surface area contributed by atoms with Crippen molar-refractivity contribution in [3.63, 3.8) is 0 Å². The van der Waals surface area contributed by atoms with E-state index in [2.05, 4.69) is 20.3 Å². The normalized spacial score (nSPS) is 14.9. The van der Waals surface area contributed by atoms with Crippen molar-refractivity contribution in [2.45, 2.75) is 31.9 Å². The van der Waals surface area contributed by atoms with Gasteiger partial charge in [-0.2, -0.15) is 4.40 Å². The van der Waals surface area contributed by atoms with Crippen molar-refractivity contribution in [2.75, 3.05) is 0 Å². The smallest absolute Gasteiger partial charge is 0.234 e. The van der Waals surface area contributed by atoms with Gasteiger partial charge in [0, 0.05) is 10.0 Å². The van der Waals surface area contributed by atoms with Crippen LogP contribution in [-0.2, 0) is 11.0 Å². The fraction of sp³-hybridized carbons (Fsp3) is 0.417. The van der Waals surface area contributed by atoms with Gasteiger partial charge in [-0.15, -0.1) is 0 Å². The average molecular weight is 338 g/mol. The maximum absolute atomic E-state index is 13.0. The third kappa shape index (κ3) is 4.24. The molecule has 0 aliphatic heterocycles. The number of hydrogen-bond acceptors (Lipinski definition) is 1. The van der Waals surface area contributed by atoms with Crippen LogP contribution >= 0.6 is 15.9 Å². The Labute approximate surface area is 116 Å². The number of nitrogens with zero attached hydrogens (tertiary/aromatic N) is 1. The lowest BCUT2D eigenvalue weighted by Crippen LogP contribution is -2.23.